The molecule has 0 aliphatic carbocycles. The van der Waals surface area contributed by atoms with E-state index >= 15 is 0 Å². The van der Waals surface area contributed by atoms with Crippen molar-refractivity contribution in [1.82, 2.24) is 10.2 Å². The Hall–Kier alpha value is -0.720. The predicted molar refractivity (Wildman–Crippen MR) is 84.6 cm³/mol. The summed E-state index contributed by atoms with van der Waals surface area (Å²) in [6.45, 7) is 6.07. The summed E-state index contributed by atoms with van der Waals surface area (Å²) in [5, 5.41) is 3.14. The Morgan fingerprint density at radius 3 is 2.35 bits per heavy atom. The fourth-order valence-electron chi connectivity index (χ4n) is 2.43. The summed E-state index contributed by atoms with van der Waals surface area (Å²) in [5.74, 6) is 0.304. The molecule has 1 aliphatic heterocycles. The van der Waals surface area contributed by atoms with Gasteiger partial charge in [0.2, 0.25) is 5.91 Å². The smallest absolute Gasteiger partial charge is 0.233 e. The van der Waals surface area contributed by atoms with Gasteiger partial charge >= 0.3 is 0 Å². The number of nitrogens with one attached hydrogen (secondary N) is 1. The van der Waals surface area contributed by atoms with E-state index in [0.717, 1.165) is 6.54 Å². The van der Waals surface area contributed by atoms with Crippen molar-refractivity contribution < 1.29 is 9.53 Å². The number of hydrogen-bond donors (Lipinski definition) is 2. The Balaban J connectivity index is 2.81. The highest BCUT2D eigenvalue weighted by Gasteiger charge is 2.43. The van der Waals surface area contributed by atoms with Gasteiger partial charge in [-0.1, -0.05) is 26.1 Å². The molecule has 20 heavy (non-hydrogen) atoms. The van der Waals surface area contributed by atoms with Gasteiger partial charge in [-0.05, 0) is 32.9 Å². The summed E-state index contributed by atoms with van der Waals surface area (Å²) in [6, 6.07) is 0.0894. The van der Waals surface area contributed by atoms with Gasteiger partial charge in [-0.25, -0.2) is 0 Å². The highest BCUT2D eigenvalue weighted by molar-refractivity contribution is 7.80. The number of nitrogens with two attached hydrogens (primary N) is 1. The lowest BCUT2D eigenvalue weighted by molar-refractivity contribution is -0.132. The molecule has 0 radical (unpaired) electrons. The standard InChI is InChI=1S/C14H27N3O2S/c1-10(2)11(9-17(3)4)16-13(18)14(12(15)20)5-7-19-8-6-14/h10-11H,5-9H2,1-4H3,(H2,15,20)(H,16,18). The van der Waals surface area contributed by atoms with Gasteiger partial charge in [0.1, 0.15) is 5.41 Å². The molecule has 1 rings (SSSR count). The lowest BCUT2D eigenvalue weighted by Crippen LogP contribution is -2.56. The topological polar surface area (TPSA) is 67.6 Å². The van der Waals surface area contributed by atoms with Crippen molar-refractivity contribution in [3.63, 3.8) is 0 Å². The van der Waals surface area contributed by atoms with Gasteiger partial charge in [-0.15, -0.1) is 0 Å². The zero-order valence-electron chi connectivity index (χ0n) is 12.9. The van der Waals surface area contributed by atoms with E-state index in [9.17, 15) is 4.79 Å². The number of carbonyl (C=O) groups excluding carboxylic acids is 1. The first-order valence-corrected chi connectivity index (χ1v) is 7.54. The van der Waals surface area contributed by atoms with E-state index in [0.29, 0.717) is 32.0 Å². The van der Waals surface area contributed by atoms with Crippen molar-refractivity contribution in [3.05, 3.63) is 0 Å². The van der Waals surface area contributed by atoms with Crippen LogP contribution in [0.15, 0.2) is 0 Å². The van der Waals surface area contributed by atoms with Crippen LogP contribution in [-0.2, 0) is 9.53 Å². The lowest BCUT2D eigenvalue weighted by Gasteiger charge is -2.37. The summed E-state index contributed by atoms with van der Waals surface area (Å²) in [5.41, 5.74) is 5.12. The number of likely N-dealkylation sites (N-methyl/N-ethyl adjacent to an activating group) is 1. The zero-order valence-corrected chi connectivity index (χ0v) is 13.8. The fraction of sp³-hybridized carbons (Fsp3) is 0.857. The summed E-state index contributed by atoms with van der Waals surface area (Å²) < 4.78 is 5.34. The molecule has 5 nitrogen and oxygen atoms in total. The van der Waals surface area contributed by atoms with E-state index in [2.05, 4.69) is 24.1 Å². The van der Waals surface area contributed by atoms with E-state index < -0.39 is 5.41 Å². The third-order valence-electron chi connectivity index (χ3n) is 3.94. The molecule has 0 aromatic rings. The molecule has 1 heterocycles. The molecule has 1 fully saturated rings. The van der Waals surface area contributed by atoms with Gasteiger partial charge in [-0.3, -0.25) is 4.79 Å². The van der Waals surface area contributed by atoms with Gasteiger partial charge in [0.05, 0.1) is 4.99 Å². The summed E-state index contributed by atoms with van der Waals surface area (Å²) in [7, 11) is 4.00. The Morgan fingerprint density at radius 2 is 1.95 bits per heavy atom. The normalized spacial score (nSPS) is 19.9. The number of ether oxygens (including phenoxy) is 1. The maximum Gasteiger partial charge on any atom is 0.233 e. The fourth-order valence-corrected chi connectivity index (χ4v) is 2.73. The van der Waals surface area contributed by atoms with Crippen molar-refractivity contribution >= 4 is 23.1 Å². The van der Waals surface area contributed by atoms with Crippen molar-refractivity contribution in [2.45, 2.75) is 32.7 Å². The van der Waals surface area contributed by atoms with Crippen LogP contribution in [0.3, 0.4) is 0 Å². The minimum absolute atomic E-state index is 0.0474. The largest absolute Gasteiger partial charge is 0.392 e. The van der Waals surface area contributed by atoms with Crippen LogP contribution in [0.25, 0.3) is 0 Å². The number of rotatable bonds is 6. The first kappa shape index (κ1) is 17.3. The molecule has 0 bridgehead atoms. The van der Waals surface area contributed by atoms with Crippen LogP contribution in [0, 0.1) is 11.3 Å². The van der Waals surface area contributed by atoms with Crippen molar-refractivity contribution in [2.24, 2.45) is 17.1 Å². The number of thiocarbonyl (C=S) groups is 1. The Kier molecular flexibility index (Phi) is 6.36. The molecular weight excluding hydrogens is 274 g/mol. The minimum Gasteiger partial charge on any atom is -0.392 e. The van der Waals surface area contributed by atoms with Crippen molar-refractivity contribution in [1.29, 1.82) is 0 Å². The van der Waals surface area contributed by atoms with Crippen LogP contribution in [-0.4, -0.2) is 55.7 Å². The number of amides is 1. The molecule has 3 N–H and O–H groups in total. The van der Waals surface area contributed by atoms with Gasteiger partial charge in [0.25, 0.3) is 0 Å². The first-order chi connectivity index (χ1) is 9.29. The summed E-state index contributed by atoms with van der Waals surface area (Å²) in [6.07, 6.45) is 1.14. The van der Waals surface area contributed by atoms with Crippen LogP contribution in [0.4, 0.5) is 0 Å². The molecule has 1 amide bonds. The van der Waals surface area contributed by atoms with E-state index in [1.54, 1.807) is 0 Å². The molecule has 1 unspecified atom stereocenters. The Morgan fingerprint density at radius 1 is 1.40 bits per heavy atom. The van der Waals surface area contributed by atoms with Crippen LogP contribution >= 0.6 is 12.2 Å². The van der Waals surface area contributed by atoms with Crippen LogP contribution in [0.1, 0.15) is 26.7 Å². The average molecular weight is 301 g/mol. The molecule has 0 aromatic carbocycles. The SMILES string of the molecule is CC(C)C(CN(C)C)NC(=O)C1(C(N)=S)CCOCC1. The lowest BCUT2D eigenvalue weighted by atomic mass is 9.78. The highest BCUT2D eigenvalue weighted by Crippen LogP contribution is 2.31. The molecule has 116 valence electrons. The molecule has 0 spiro atoms. The third-order valence-corrected chi connectivity index (χ3v) is 4.33. The number of carbonyl (C=O) groups is 1. The monoisotopic (exact) mass is 301 g/mol. The van der Waals surface area contributed by atoms with Gasteiger partial charge in [0.15, 0.2) is 0 Å². The highest BCUT2D eigenvalue weighted by atomic mass is 32.1. The zero-order chi connectivity index (χ0) is 15.3. The number of nitrogens with zero attached hydrogens (tertiary/aromatic N) is 1. The first-order valence-electron chi connectivity index (χ1n) is 7.13. The van der Waals surface area contributed by atoms with Gasteiger partial charge < -0.3 is 20.7 Å². The molecule has 6 heteroatoms. The third kappa shape index (κ3) is 4.14. The second-order valence-corrected chi connectivity index (χ2v) is 6.58. The van der Waals surface area contributed by atoms with Crippen LogP contribution in [0.2, 0.25) is 0 Å². The predicted octanol–water partition coefficient (Wildman–Crippen LogP) is 0.772. The Bertz CT molecular complexity index is 352. The molecule has 0 aromatic heterocycles. The van der Waals surface area contributed by atoms with E-state index in [1.807, 2.05) is 14.1 Å². The van der Waals surface area contributed by atoms with Crippen molar-refractivity contribution in [3.8, 4) is 0 Å². The summed E-state index contributed by atoms with van der Waals surface area (Å²) in [4.78, 5) is 15.1. The van der Waals surface area contributed by atoms with Crippen molar-refractivity contribution in [2.75, 3.05) is 33.9 Å². The molecule has 0 saturated carbocycles. The second-order valence-electron chi connectivity index (χ2n) is 6.14. The number of hydrogen-bond acceptors (Lipinski definition) is 4. The van der Waals surface area contributed by atoms with E-state index in [-0.39, 0.29) is 16.9 Å². The van der Waals surface area contributed by atoms with Crippen LogP contribution in [0.5, 0.6) is 0 Å². The average Bonchev–Trinajstić information content (AvgIpc) is 2.37. The molecular formula is C14H27N3O2S. The minimum atomic E-state index is -0.743. The maximum absolute atomic E-state index is 12.7. The van der Waals surface area contributed by atoms with E-state index in [1.165, 1.54) is 0 Å². The Labute approximate surface area is 127 Å². The van der Waals surface area contributed by atoms with Gasteiger partial charge in [0, 0.05) is 25.8 Å². The maximum atomic E-state index is 12.7. The quantitative estimate of drug-likeness (QED) is 0.709. The molecule has 1 saturated heterocycles. The molecule has 1 atom stereocenters. The molecule has 1 aliphatic rings. The van der Waals surface area contributed by atoms with E-state index in [4.69, 9.17) is 22.7 Å². The van der Waals surface area contributed by atoms with Crippen LogP contribution < -0.4 is 11.1 Å². The summed E-state index contributed by atoms with van der Waals surface area (Å²) >= 11 is 5.16. The van der Waals surface area contributed by atoms with Gasteiger partial charge in [-0.2, -0.15) is 0 Å². The second kappa shape index (κ2) is 7.33.